The summed E-state index contributed by atoms with van der Waals surface area (Å²) in [5, 5.41) is 4.71. The lowest BCUT2D eigenvalue weighted by molar-refractivity contribution is 0.0948. The standard InChI is InChI=1S/C29H25Cl2N5O4S/c1-19-6-11-24(12-7-19)41(38,39)35(17-21-8-13-25(30)26(31)15-21)18-23-10-9-22(40-23)16-32-34-29(37)28-20(2)33-27-5-3-4-14-36(27)28/h3-16H,17-18H2,1-2H3,(H,34,37)/b32-16+. The van der Waals surface area contributed by atoms with Crippen LogP contribution in [0.3, 0.4) is 0 Å². The van der Waals surface area contributed by atoms with Crippen LogP contribution < -0.4 is 5.43 Å². The molecule has 3 aromatic heterocycles. The zero-order valence-corrected chi connectivity index (χ0v) is 24.4. The van der Waals surface area contributed by atoms with Crippen LogP contribution in [0.5, 0.6) is 0 Å². The number of rotatable bonds is 9. The summed E-state index contributed by atoms with van der Waals surface area (Å²) in [5.41, 5.74) is 5.69. The number of carbonyl (C=O) groups excluding carboxylic acids is 1. The van der Waals surface area contributed by atoms with Crippen LogP contribution in [0.15, 0.2) is 93.4 Å². The number of carbonyl (C=O) groups is 1. The van der Waals surface area contributed by atoms with Crippen LogP contribution in [0.25, 0.3) is 5.65 Å². The second-order valence-electron chi connectivity index (χ2n) is 9.31. The largest absolute Gasteiger partial charge is 0.459 e. The number of amides is 1. The molecule has 3 heterocycles. The number of aromatic nitrogens is 2. The fourth-order valence-corrected chi connectivity index (χ4v) is 5.96. The second-order valence-corrected chi connectivity index (χ2v) is 12.1. The van der Waals surface area contributed by atoms with E-state index < -0.39 is 15.9 Å². The van der Waals surface area contributed by atoms with Gasteiger partial charge >= 0.3 is 0 Å². The topological polar surface area (TPSA) is 109 Å². The van der Waals surface area contributed by atoms with Gasteiger partial charge in [0, 0.05) is 12.7 Å². The molecule has 0 aliphatic rings. The molecule has 0 aliphatic carbocycles. The van der Waals surface area contributed by atoms with Crippen LogP contribution in [0, 0.1) is 13.8 Å². The highest BCUT2D eigenvalue weighted by Gasteiger charge is 2.26. The molecule has 1 N–H and O–H groups in total. The van der Waals surface area contributed by atoms with E-state index in [1.807, 2.05) is 19.1 Å². The summed E-state index contributed by atoms with van der Waals surface area (Å²) >= 11 is 12.2. The molecule has 0 spiro atoms. The van der Waals surface area contributed by atoms with Crippen LogP contribution >= 0.6 is 23.2 Å². The van der Waals surface area contributed by atoms with E-state index in [9.17, 15) is 13.2 Å². The first-order valence-electron chi connectivity index (χ1n) is 12.5. The first-order chi connectivity index (χ1) is 19.6. The minimum atomic E-state index is -3.90. The molecule has 9 nitrogen and oxygen atoms in total. The van der Waals surface area contributed by atoms with Crippen molar-refractivity contribution in [2.75, 3.05) is 0 Å². The Morgan fingerprint density at radius 3 is 2.56 bits per heavy atom. The van der Waals surface area contributed by atoms with Gasteiger partial charge in [0.05, 0.1) is 33.4 Å². The first kappa shape index (κ1) is 28.6. The molecule has 5 rings (SSSR count). The van der Waals surface area contributed by atoms with Gasteiger partial charge in [0.15, 0.2) is 0 Å². The zero-order chi connectivity index (χ0) is 29.1. The lowest BCUT2D eigenvalue weighted by atomic mass is 10.2. The third-order valence-electron chi connectivity index (χ3n) is 6.29. The van der Waals surface area contributed by atoms with Crippen LogP contribution in [-0.4, -0.2) is 34.2 Å². The molecule has 0 aliphatic heterocycles. The van der Waals surface area contributed by atoms with Crippen molar-refractivity contribution < 1.29 is 17.6 Å². The first-order valence-corrected chi connectivity index (χ1v) is 14.7. The molecule has 1 amide bonds. The summed E-state index contributed by atoms with van der Waals surface area (Å²) < 4.78 is 36.1. The Kier molecular flexibility index (Phi) is 8.27. The van der Waals surface area contributed by atoms with E-state index in [0.29, 0.717) is 44.2 Å². The average molecular weight is 611 g/mol. The maximum Gasteiger partial charge on any atom is 0.290 e. The molecule has 0 saturated heterocycles. The zero-order valence-electron chi connectivity index (χ0n) is 22.1. The fourth-order valence-electron chi connectivity index (χ4n) is 4.24. The Hall–Kier alpha value is -3.96. The number of hydrogen-bond acceptors (Lipinski definition) is 6. The predicted octanol–water partition coefficient (Wildman–Crippen LogP) is 6.01. The van der Waals surface area contributed by atoms with Gasteiger partial charge in [0.25, 0.3) is 5.91 Å². The van der Waals surface area contributed by atoms with Crippen LogP contribution in [0.1, 0.15) is 38.8 Å². The number of hydrazone groups is 1. The number of nitrogens with zero attached hydrogens (tertiary/aromatic N) is 4. The molecular formula is C29H25Cl2N5O4S. The Bertz CT molecular complexity index is 1860. The van der Waals surface area contributed by atoms with E-state index in [4.69, 9.17) is 27.6 Å². The molecule has 0 radical (unpaired) electrons. The van der Waals surface area contributed by atoms with E-state index in [0.717, 1.165) is 5.56 Å². The number of aryl methyl sites for hydroxylation is 2. The van der Waals surface area contributed by atoms with Crippen molar-refractivity contribution in [1.82, 2.24) is 19.1 Å². The summed E-state index contributed by atoms with van der Waals surface area (Å²) in [6.45, 7) is 3.61. The minimum Gasteiger partial charge on any atom is -0.459 e. The molecule has 41 heavy (non-hydrogen) atoms. The number of nitrogens with one attached hydrogen (secondary N) is 1. The maximum atomic E-state index is 13.6. The predicted molar refractivity (Wildman–Crippen MR) is 158 cm³/mol. The number of halogens is 2. The van der Waals surface area contributed by atoms with Crippen LogP contribution in [0.2, 0.25) is 10.0 Å². The van der Waals surface area contributed by atoms with Gasteiger partial charge in [-0.2, -0.15) is 9.41 Å². The van der Waals surface area contributed by atoms with E-state index >= 15 is 0 Å². The van der Waals surface area contributed by atoms with Crippen LogP contribution in [-0.2, 0) is 23.1 Å². The number of furan rings is 1. The summed E-state index contributed by atoms with van der Waals surface area (Å²) in [5.74, 6) is 0.282. The number of sulfonamides is 1. The van der Waals surface area contributed by atoms with Gasteiger partial charge in [-0.3, -0.25) is 9.20 Å². The highest BCUT2D eigenvalue weighted by molar-refractivity contribution is 7.89. The van der Waals surface area contributed by atoms with Crippen molar-refractivity contribution in [1.29, 1.82) is 0 Å². The van der Waals surface area contributed by atoms with Crippen molar-refractivity contribution in [2.45, 2.75) is 31.8 Å². The number of pyridine rings is 1. The molecule has 5 aromatic rings. The van der Waals surface area contributed by atoms with Crippen molar-refractivity contribution in [3.63, 3.8) is 0 Å². The number of hydrogen-bond donors (Lipinski definition) is 1. The van der Waals surface area contributed by atoms with Crippen molar-refractivity contribution in [3.05, 3.63) is 123 Å². The van der Waals surface area contributed by atoms with Gasteiger partial charge in [0.1, 0.15) is 22.9 Å². The van der Waals surface area contributed by atoms with Crippen molar-refractivity contribution in [2.24, 2.45) is 5.10 Å². The smallest absolute Gasteiger partial charge is 0.290 e. The Morgan fingerprint density at radius 1 is 1.02 bits per heavy atom. The Morgan fingerprint density at radius 2 is 1.80 bits per heavy atom. The molecular weight excluding hydrogens is 585 g/mol. The highest BCUT2D eigenvalue weighted by Crippen LogP contribution is 2.26. The molecule has 0 unspecified atom stereocenters. The van der Waals surface area contributed by atoms with Crippen LogP contribution in [0.4, 0.5) is 0 Å². The lowest BCUT2D eigenvalue weighted by Gasteiger charge is -2.22. The Balaban J connectivity index is 1.34. The van der Waals surface area contributed by atoms with Gasteiger partial charge in [-0.15, -0.1) is 0 Å². The monoisotopic (exact) mass is 609 g/mol. The van der Waals surface area contributed by atoms with E-state index in [1.54, 1.807) is 78.2 Å². The van der Waals surface area contributed by atoms with E-state index in [2.05, 4.69) is 15.5 Å². The van der Waals surface area contributed by atoms with Gasteiger partial charge < -0.3 is 4.42 Å². The van der Waals surface area contributed by atoms with Gasteiger partial charge in [-0.25, -0.2) is 18.8 Å². The van der Waals surface area contributed by atoms with Gasteiger partial charge in [-0.1, -0.05) is 53.0 Å². The maximum absolute atomic E-state index is 13.6. The highest BCUT2D eigenvalue weighted by atomic mass is 35.5. The Labute approximate surface area is 247 Å². The molecule has 0 saturated carbocycles. The van der Waals surface area contributed by atoms with E-state index in [1.165, 1.54) is 10.5 Å². The third-order valence-corrected chi connectivity index (χ3v) is 8.84. The average Bonchev–Trinajstić information content (AvgIpc) is 3.53. The quantitative estimate of drug-likeness (QED) is 0.163. The summed E-state index contributed by atoms with van der Waals surface area (Å²) in [6, 6.07) is 20.4. The van der Waals surface area contributed by atoms with E-state index in [-0.39, 0.29) is 18.0 Å². The normalized spacial score (nSPS) is 12.0. The van der Waals surface area contributed by atoms with Gasteiger partial charge in [-0.05, 0) is 67.9 Å². The summed E-state index contributed by atoms with van der Waals surface area (Å²) in [7, 11) is -3.90. The number of benzene rings is 2. The summed E-state index contributed by atoms with van der Waals surface area (Å²) in [6.07, 6.45) is 3.10. The van der Waals surface area contributed by atoms with Crippen molar-refractivity contribution in [3.8, 4) is 0 Å². The summed E-state index contributed by atoms with van der Waals surface area (Å²) in [4.78, 5) is 17.3. The lowest BCUT2D eigenvalue weighted by Crippen LogP contribution is -2.30. The molecule has 2 aromatic carbocycles. The molecule has 0 atom stereocenters. The number of fused-ring (bicyclic) bond motifs is 1. The SMILES string of the molecule is Cc1ccc(S(=O)(=O)N(Cc2ccc(Cl)c(Cl)c2)Cc2ccc(/C=N/NC(=O)c3c(C)nc4ccccn34)o2)cc1. The van der Waals surface area contributed by atoms with Crippen molar-refractivity contribution >= 4 is 51.0 Å². The fraction of sp³-hybridized carbons (Fsp3) is 0.138. The molecule has 0 fully saturated rings. The third kappa shape index (κ3) is 6.36. The van der Waals surface area contributed by atoms with Gasteiger partial charge in [0.2, 0.25) is 10.0 Å². The minimum absolute atomic E-state index is 0.0337. The molecule has 210 valence electrons. The number of imidazole rings is 1. The second kappa shape index (κ2) is 11.9. The molecule has 0 bridgehead atoms. The molecule has 12 heteroatoms.